The van der Waals surface area contributed by atoms with Crippen molar-refractivity contribution < 1.29 is 19.3 Å². The Morgan fingerprint density at radius 3 is 2.30 bits per heavy atom. The first kappa shape index (κ1) is 20.7. The van der Waals surface area contributed by atoms with E-state index in [4.69, 9.17) is 14.2 Å². The quantitative estimate of drug-likeness (QED) is 0.574. The van der Waals surface area contributed by atoms with E-state index >= 15 is 0 Å². The van der Waals surface area contributed by atoms with Crippen LogP contribution in [0.5, 0.6) is 23.1 Å². The molecular formula is C21H21N3O6. The number of hydrogen-bond acceptors (Lipinski definition) is 7. The Morgan fingerprint density at radius 1 is 1.00 bits per heavy atom. The standard InChI is InChI=1S/C21H21N3O6/c1-28-14-6-4-13(5-7-14)11-22-12-16-19(25)23-21(27)24(20(16)26)17-10-15(29-2)8-9-18(17)30-3/h4-10,12,26H,11H2,1-3H3,(H,23,25,27). The summed E-state index contributed by atoms with van der Waals surface area (Å²) in [6, 6.07) is 12.0. The molecule has 0 amide bonds. The van der Waals surface area contributed by atoms with Gasteiger partial charge in [0.05, 0.1) is 33.6 Å². The number of benzene rings is 2. The van der Waals surface area contributed by atoms with Crippen LogP contribution >= 0.6 is 0 Å². The van der Waals surface area contributed by atoms with Gasteiger partial charge in [-0.1, -0.05) is 12.1 Å². The second-order valence-electron chi connectivity index (χ2n) is 6.19. The van der Waals surface area contributed by atoms with Crippen LogP contribution in [0.2, 0.25) is 0 Å². The van der Waals surface area contributed by atoms with Gasteiger partial charge in [-0.25, -0.2) is 9.36 Å². The van der Waals surface area contributed by atoms with Gasteiger partial charge in [0.1, 0.15) is 22.8 Å². The lowest BCUT2D eigenvalue weighted by Crippen LogP contribution is -2.31. The molecule has 0 atom stereocenters. The highest BCUT2D eigenvalue weighted by atomic mass is 16.5. The van der Waals surface area contributed by atoms with Gasteiger partial charge >= 0.3 is 5.69 Å². The molecule has 0 aliphatic heterocycles. The van der Waals surface area contributed by atoms with Crippen molar-refractivity contribution in [1.29, 1.82) is 0 Å². The van der Waals surface area contributed by atoms with Crippen molar-refractivity contribution in [2.75, 3.05) is 21.3 Å². The monoisotopic (exact) mass is 411 g/mol. The van der Waals surface area contributed by atoms with Crippen molar-refractivity contribution in [2.45, 2.75) is 6.54 Å². The third-order valence-electron chi connectivity index (χ3n) is 4.40. The summed E-state index contributed by atoms with van der Waals surface area (Å²) in [4.78, 5) is 31.1. The molecule has 2 aromatic carbocycles. The first-order chi connectivity index (χ1) is 14.5. The van der Waals surface area contributed by atoms with Gasteiger partial charge in [0.25, 0.3) is 5.56 Å². The van der Waals surface area contributed by atoms with Gasteiger partial charge in [-0.15, -0.1) is 0 Å². The van der Waals surface area contributed by atoms with Crippen LogP contribution in [-0.2, 0) is 6.54 Å². The predicted molar refractivity (Wildman–Crippen MR) is 112 cm³/mol. The van der Waals surface area contributed by atoms with Gasteiger partial charge in [-0.05, 0) is 29.8 Å². The Labute approximate surface area is 171 Å². The number of aromatic amines is 1. The van der Waals surface area contributed by atoms with Crippen molar-refractivity contribution in [3.8, 4) is 28.8 Å². The molecular weight excluding hydrogens is 390 g/mol. The van der Waals surface area contributed by atoms with E-state index in [9.17, 15) is 14.7 Å². The number of nitrogens with one attached hydrogen (secondary N) is 1. The van der Waals surface area contributed by atoms with Gasteiger partial charge in [0.2, 0.25) is 5.88 Å². The van der Waals surface area contributed by atoms with E-state index in [1.807, 2.05) is 12.1 Å². The fourth-order valence-corrected chi connectivity index (χ4v) is 2.82. The minimum Gasteiger partial charge on any atom is -0.497 e. The van der Waals surface area contributed by atoms with Crippen LogP contribution in [0.4, 0.5) is 0 Å². The Morgan fingerprint density at radius 2 is 1.67 bits per heavy atom. The molecule has 30 heavy (non-hydrogen) atoms. The smallest absolute Gasteiger partial charge is 0.335 e. The second-order valence-corrected chi connectivity index (χ2v) is 6.19. The molecule has 0 aliphatic carbocycles. The number of aromatic hydroxyl groups is 1. The summed E-state index contributed by atoms with van der Waals surface area (Å²) in [7, 11) is 4.48. The van der Waals surface area contributed by atoms with Crippen LogP contribution < -0.4 is 25.5 Å². The minimum absolute atomic E-state index is 0.159. The van der Waals surface area contributed by atoms with Crippen molar-refractivity contribution in [3.63, 3.8) is 0 Å². The van der Waals surface area contributed by atoms with E-state index < -0.39 is 17.1 Å². The molecule has 0 aliphatic rings. The van der Waals surface area contributed by atoms with Crippen LogP contribution in [-0.4, -0.2) is 42.2 Å². The van der Waals surface area contributed by atoms with E-state index in [-0.39, 0.29) is 17.8 Å². The number of aromatic nitrogens is 2. The Bertz CT molecular complexity index is 1180. The van der Waals surface area contributed by atoms with Gasteiger partial charge in [-0.2, -0.15) is 0 Å². The average Bonchev–Trinajstić information content (AvgIpc) is 2.76. The summed E-state index contributed by atoms with van der Waals surface area (Å²) in [6.45, 7) is 0.268. The fourth-order valence-electron chi connectivity index (χ4n) is 2.82. The molecule has 156 valence electrons. The summed E-state index contributed by atoms with van der Waals surface area (Å²) in [5.41, 5.74) is -0.649. The normalized spacial score (nSPS) is 10.9. The van der Waals surface area contributed by atoms with Crippen molar-refractivity contribution >= 4 is 6.21 Å². The number of nitrogens with zero attached hydrogens (tertiary/aromatic N) is 2. The van der Waals surface area contributed by atoms with Crippen LogP contribution in [0.1, 0.15) is 11.1 Å². The molecule has 9 heteroatoms. The molecule has 0 saturated carbocycles. The highest BCUT2D eigenvalue weighted by molar-refractivity contribution is 5.82. The number of methoxy groups -OCH3 is 3. The van der Waals surface area contributed by atoms with Crippen LogP contribution in [0.25, 0.3) is 5.69 Å². The van der Waals surface area contributed by atoms with Crippen molar-refractivity contribution in [2.24, 2.45) is 4.99 Å². The van der Waals surface area contributed by atoms with E-state index in [0.29, 0.717) is 11.5 Å². The molecule has 0 spiro atoms. The second kappa shape index (κ2) is 8.99. The lowest BCUT2D eigenvalue weighted by atomic mass is 10.2. The molecule has 3 aromatic rings. The Balaban J connectivity index is 2.01. The zero-order valence-corrected chi connectivity index (χ0v) is 16.7. The van der Waals surface area contributed by atoms with E-state index in [2.05, 4.69) is 9.98 Å². The highest BCUT2D eigenvalue weighted by Gasteiger charge is 2.18. The fraction of sp³-hybridized carbons (Fsp3) is 0.190. The zero-order chi connectivity index (χ0) is 21.7. The third-order valence-corrected chi connectivity index (χ3v) is 4.40. The summed E-state index contributed by atoms with van der Waals surface area (Å²) in [5.74, 6) is 0.907. The zero-order valence-electron chi connectivity index (χ0n) is 16.7. The summed E-state index contributed by atoms with van der Waals surface area (Å²) < 4.78 is 16.5. The third kappa shape index (κ3) is 4.19. The highest BCUT2D eigenvalue weighted by Crippen LogP contribution is 2.29. The molecule has 0 radical (unpaired) electrons. The average molecular weight is 411 g/mol. The topological polar surface area (TPSA) is 115 Å². The number of rotatable bonds is 7. The maximum atomic E-state index is 12.4. The first-order valence-electron chi connectivity index (χ1n) is 8.92. The van der Waals surface area contributed by atoms with E-state index in [1.165, 1.54) is 26.5 Å². The van der Waals surface area contributed by atoms with E-state index in [1.54, 1.807) is 31.4 Å². The van der Waals surface area contributed by atoms with Crippen molar-refractivity contribution in [3.05, 3.63) is 74.4 Å². The first-order valence-corrected chi connectivity index (χ1v) is 8.92. The molecule has 0 bridgehead atoms. The minimum atomic E-state index is -0.823. The number of aliphatic imine (C=N–C) groups is 1. The summed E-state index contributed by atoms with van der Waals surface area (Å²) in [6.07, 6.45) is 1.22. The number of ether oxygens (including phenoxy) is 3. The van der Waals surface area contributed by atoms with Gasteiger partial charge in [0, 0.05) is 12.3 Å². The lowest BCUT2D eigenvalue weighted by molar-refractivity contribution is 0.393. The van der Waals surface area contributed by atoms with Gasteiger partial charge in [-0.3, -0.25) is 14.8 Å². The van der Waals surface area contributed by atoms with Crippen LogP contribution in [0.15, 0.2) is 57.0 Å². The van der Waals surface area contributed by atoms with Gasteiger partial charge < -0.3 is 19.3 Å². The van der Waals surface area contributed by atoms with Crippen molar-refractivity contribution in [1.82, 2.24) is 9.55 Å². The van der Waals surface area contributed by atoms with E-state index in [0.717, 1.165) is 15.9 Å². The molecule has 3 rings (SSSR count). The maximum Gasteiger partial charge on any atom is 0.335 e. The molecule has 1 aromatic heterocycles. The molecule has 9 nitrogen and oxygen atoms in total. The Kier molecular flexibility index (Phi) is 6.21. The summed E-state index contributed by atoms with van der Waals surface area (Å²) in [5, 5.41) is 10.7. The summed E-state index contributed by atoms with van der Waals surface area (Å²) >= 11 is 0. The molecule has 0 saturated heterocycles. The van der Waals surface area contributed by atoms with Crippen LogP contribution in [0, 0.1) is 0 Å². The number of H-pyrrole nitrogens is 1. The predicted octanol–water partition coefficient (Wildman–Crippen LogP) is 1.88. The Hall–Kier alpha value is -4.01. The largest absolute Gasteiger partial charge is 0.497 e. The SMILES string of the molecule is COc1ccc(CN=Cc2c(O)n(-c3cc(OC)ccc3OC)c(=O)[nH]c2=O)cc1. The molecule has 2 N–H and O–H groups in total. The maximum absolute atomic E-state index is 12.4. The van der Waals surface area contributed by atoms with Gasteiger partial charge in [0.15, 0.2) is 0 Å². The number of hydrogen-bond donors (Lipinski definition) is 2. The molecule has 0 unspecified atom stereocenters. The lowest BCUT2D eigenvalue weighted by Gasteiger charge is -2.14. The molecule has 0 fully saturated rings. The van der Waals surface area contributed by atoms with Crippen LogP contribution in [0.3, 0.4) is 0 Å². The molecule has 1 heterocycles.